The maximum Gasteiger partial charge on any atom is 0.315 e. The second-order valence-electron chi connectivity index (χ2n) is 2.34. The quantitative estimate of drug-likeness (QED) is 0.543. The summed E-state index contributed by atoms with van der Waals surface area (Å²) in [7, 11) is 0. The van der Waals surface area contributed by atoms with Gasteiger partial charge in [0.2, 0.25) is 11.9 Å². The van der Waals surface area contributed by atoms with E-state index in [-0.39, 0.29) is 5.56 Å². The predicted molar refractivity (Wildman–Crippen MR) is 43.3 cm³/mol. The van der Waals surface area contributed by atoms with E-state index in [1.165, 1.54) is 0 Å². The molecule has 0 amide bonds. The van der Waals surface area contributed by atoms with E-state index in [1.807, 2.05) is 0 Å². The van der Waals surface area contributed by atoms with E-state index in [9.17, 15) is 13.6 Å². The van der Waals surface area contributed by atoms with Gasteiger partial charge in [-0.15, -0.1) is 0 Å². The Morgan fingerprint density at radius 1 is 1.50 bits per heavy atom. The molecule has 1 aromatic heterocycles. The number of pyridine rings is 1. The Bertz CT molecular complexity index is 421. The third-order valence-corrected chi connectivity index (χ3v) is 1.28. The SMILES string of the molecule is O=C(O)CC#Cc1ccc(F)nc1F. The molecule has 0 saturated carbocycles. The Labute approximate surface area is 78.4 Å². The molecule has 0 aliphatic heterocycles. The molecule has 0 atom stereocenters. The van der Waals surface area contributed by atoms with Crippen molar-refractivity contribution < 1.29 is 18.7 Å². The van der Waals surface area contributed by atoms with Crippen molar-refractivity contribution in [3.63, 3.8) is 0 Å². The van der Waals surface area contributed by atoms with Crippen LogP contribution in [0.25, 0.3) is 0 Å². The van der Waals surface area contributed by atoms with Crippen LogP contribution in [0.4, 0.5) is 8.78 Å². The molecule has 14 heavy (non-hydrogen) atoms. The average molecular weight is 197 g/mol. The summed E-state index contributed by atoms with van der Waals surface area (Å²) in [6.07, 6.45) is -0.392. The van der Waals surface area contributed by atoms with Gasteiger partial charge in [-0.3, -0.25) is 4.79 Å². The molecule has 3 nitrogen and oxygen atoms in total. The maximum atomic E-state index is 12.8. The first-order valence-electron chi connectivity index (χ1n) is 3.62. The van der Waals surface area contributed by atoms with Gasteiger partial charge in [0, 0.05) is 0 Å². The van der Waals surface area contributed by atoms with Gasteiger partial charge in [-0.25, -0.2) is 0 Å². The van der Waals surface area contributed by atoms with Crippen LogP contribution in [0.5, 0.6) is 0 Å². The van der Waals surface area contributed by atoms with E-state index >= 15 is 0 Å². The third-order valence-electron chi connectivity index (χ3n) is 1.28. The number of rotatable bonds is 1. The van der Waals surface area contributed by atoms with Crippen molar-refractivity contribution >= 4 is 5.97 Å². The van der Waals surface area contributed by atoms with Gasteiger partial charge in [0.1, 0.15) is 6.42 Å². The third kappa shape index (κ3) is 2.83. The first-order chi connectivity index (χ1) is 6.59. The van der Waals surface area contributed by atoms with E-state index in [0.29, 0.717) is 0 Å². The van der Waals surface area contributed by atoms with E-state index in [2.05, 4.69) is 16.8 Å². The highest BCUT2D eigenvalue weighted by Crippen LogP contribution is 2.03. The van der Waals surface area contributed by atoms with E-state index in [1.54, 1.807) is 0 Å². The predicted octanol–water partition coefficient (Wildman–Crippen LogP) is 1.19. The molecule has 0 radical (unpaired) electrons. The molecule has 1 rings (SSSR count). The van der Waals surface area contributed by atoms with Crippen LogP contribution in [0, 0.1) is 23.7 Å². The molecule has 1 aromatic rings. The van der Waals surface area contributed by atoms with Crippen LogP contribution in [0.3, 0.4) is 0 Å². The lowest BCUT2D eigenvalue weighted by atomic mass is 10.2. The van der Waals surface area contributed by atoms with Crippen LogP contribution in [0.1, 0.15) is 12.0 Å². The minimum atomic E-state index is -1.10. The lowest BCUT2D eigenvalue weighted by molar-refractivity contribution is -0.135. The number of aromatic nitrogens is 1. The van der Waals surface area contributed by atoms with Gasteiger partial charge in [-0.1, -0.05) is 11.8 Å². The van der Waals surface area contributed by atoms with Crippen LogP contribution in [0.2, 0.25) is 0 Å². The molecule has 0 aliphatic rings. The standard InChI is InChI=1S/C9H5F2NO2/c10-7-5-4-6(9(11)12-7)2-1-3-8(13)14/h4-5H,3H2,(H,13,14). The van der Waals surface area contributed by atoms with Crippen LogP contribution >= 0.6 is 0 Å². The number of hydrogen-bond donors (Lipinski definition) is 1. The zero-order valence-electron chi connectivity index (χ0n) is 6.92. The molecular formula is C9H5F2NO2. The second-order valence-corrected chi connectivity index (χ2v) is 2.34. The highest BCUT2D eigenvalue weighted by atomic mass is 19.1. The summed E-state index contributed by atoms with van der Waals surface area (Å²) in [4.78, 5) is 12.9. The van der Waals surface area contributed by atoms with Crippen LogP contribution in [0.15, 0.2) is 12.1 Å². The van der Waals surface area contributed by atoms with E-state index in [4.69, 9.17) is 5.11 Å². The summed E-state index contributed by atoms with van der Waals surface area (Å²) in [6.45, 7) is 0. The zero-order valence-corrected chi connectivity index (χ0v) is 6.92. The molecule has 0 unspecified atom stereocenters. The van der Waals surface area contributed by atoms with Gasteiger partial charge in [0.15, 0.2) is 0 Å². The number of nitrogens with zero attached hydrogens (tertiary/aromatic N) is 1. The minimum absolute atomic E-state index is 0.118. The Balaban J connectivity index is 2.85. The van der Waals surface area contributed by atoms with Crippen molar-refractivity contribution in [2.75, 3.05) is 0 Å². The number of carbonyl (C=O) groups is 1. The smallest absolute Gasteiger partial charge is 0.315 e. The fourth-order valence-electron chi connectivity index (χ4n) is 0.720. The summed E-state index contributed by atoms with van der Waals surface area (Å²) in [5, 5.41) is 8.23. The molecule has 0 bridgehead atoms. The van der Waals surface area contributed by atoms with Gasteiger partial charge < -0.3 is 5.11 Å². The van der Waals surface area contributed by atoms with Crippen molar-refractivity contribution in [2.45, 2.75) is 6.42 Å². The van der Waals surface area contributed by atoms with Crippen molar-refractivity contribution in [3.05, 3.63) is 29.6 Å². The number of carboxylic acid groups (broad SMARTS) is 1. The summed E-state index contributed by atoms with van der Waals surface area (Å²) < 4.78 is 25.1. The normalized spacial score (nSPS) is 9.00. The summed E-state index contributed by atoms with van der Waals surface area (Å²) >= 11 is 0. The van der Waals surface area contributed by atoms with Crippen molar-refractivity contribution in [1.82, 2.24) is 4.98 Å². The monoisotopic (exact) mass is 197 g/mol. The molecule has 0 fully saturated rings. The lowest BCUT2D eigenvalue weighted by Gasteiger charge is -1.91. The molecule has 5 heteroatoms. The molecule has 0 saturated heterocycles. The van der Waals surface area contributed by atoms with Crippen molar-refractivity contribution in [3.8, 4) is 11.8 Å². The molecular weight excluding hydrogens is 192 g/mol. The zero-order chi connectivity index (χ0) is 10.6. The van der Waals surface area contributed by atoms with Gasteiger partial charge in [-0.05, 0) is 12.1 Å². The highest BCUT2D eigenvalue weighted by molar-refractivity contribution is 5.70. The highest BCUT2D eigenvalue weighted by Gasteiger charge is 2.01. The molecule has 0 aliphatic carbocycles. The average Bonchev–Trinajstić information content (AvgIpc) is 2.08. The fraction of sp³-hybridized carbons (Fsp3) is 0.111. The molecule has 1 N–H and O–H groups in total. The largest absolute Gasteiger partial charge is 0.481 e. The van der Waals surface area contributed by atoms with Gasteiger partial charge >= 0.3 is 5.97 Å². The first kappa shape index (κ1) is 10.1. The number of halogens is 2. The number of carboxylic acids is 1. The maximum absolute atomic E-state index is 12.8. The molecule has 72 valence electrons. The van der Waals surface area contributed by atoms with Gasteiger partial charge in [0.05, 0.1) is 5.56 Å². The van der Waals surface area contributed by atoms with Crippen LogP contribution in [-0.4, -0.2) is 16.1 Å². The van der Waals surface area contributed by atoms with E-state index in [0.717, 1.165) is 12.1 Å². The molecule has 0 spiro atoms. The van der Waals surface area contributed by atoms with Crippen molar-refractivity contribution in [2.24, 2.45) is 0 Å². The van der Waals surface area contributed by atoms with Gasteiger partial charge in [-0.2, -0.15) is 13.8 Å². The fourth-order valence-corrected chi connectivity index (χ4v) is 0.720. The molecule has 1 heterocycles. The Hall–Kier alpha value is -1.96. The Morgan fingerprint density at radius 2 is 2.21 bits per heavy atom. The Morgan fingerprint density at radius 3 is 2.79 bits per heavy atom. The van der Waals surface area contributed by atoms with Crippen LogP contribution < -0.4 is 0 Å². The lowest BCUT2D eigenvalue weighted by Crippen LogP contribution is -1.93. The summed E-state index contributed by atoms with van der Waals surface area (Å²) in [6, 6.07) is 2.06. The number of hydrogen-bond acceptors (Lipinski definition) is 2. The second kappa shape index (κ2) is 4.33. The van der Waals surface area contributed by atoms with Crippen molar-refractivity contribution in [1.29, 1.82) is 0 Å². The van der Waals surface area contributed by atoms with E-state index < -0.39 is 24.3 Å². The topological polar surface area (TPSA) is 50.2 Å². The van der Waals surface area contributed by atoms with Gasteiger partial charge in [0.25, 0.3) is 0 Å². The first-order valence-corrected chi connectivity index (χ1v) is 3.62. The Kier molecular flexibility index (Phi) is 3.13. The molecule has 0 aromatic carbocycles. The minimum Gasteiger partial charge on any atom is -0.481 e. The summed E-state index contributed by atoms with van der Waals surface area (Å²) in [5.41, 5.74) is -0.118. The summed E-state index contributed by atoms with van der Waals surface area (Å²) in [5.74, 6) is 1.36. The number of aliphatic carboxylic acids is 1. The van der Waals surface area contributed by atoms with Crippen LogP contribution in [-0.2, 0) is 4.79 Å².